The monoisotopic (exact) mass is 964 g/mol. The zero-order chi connectivity index (χ0) is 49.5. The largest absolute Gasteiger partial charge is 0.453 e. The summed E-state index contributed by atoms with van der Waals surface area (Å²) in [7, 11) is 1.27. The molecule has 1 spiro atoms. The highest BCUT2D eigenvalue weighted by Gasteiger charge is 2.56. The van der Waals surface area contributed by atoms with E-state index in [0.29, 0.717) is 51.7 Å². The number of carbonyl (C=O) groups is 4. The first kappa shape index (κ1) is 46.3. The molecule has 2 bridgehead atoms. The minimum absolute atomic E-state index is 0.00581. The highest BCUT2D eigenvalue weighted by Crippen LogP contribution is 2.59. The number of alkyl halides is 2. The Morgan fingerprint density at radius 3 is 2.15 bits per heavy atom. The number of alkyl carbamates (subject to hydrolysis) is 2. The van der Waals surface area contributed by atoms with Crippen LogP contribution in [0.5, 0.6) is 0 Å². The van der Waals surface area contributed by atoms with Crippen molar-refractivity contribution >= 4 is 35.0 Å². The van der Waals surface area contributed by atoms with Crippen molar-refractivity contribution in [3.63, 3.8) is 0 Å². The Labute approximate surface area is 410 Å². The summed E-state index contributed by atoms with van der Waals surface area (Å²) in [5, 5.41) is 5.56. The first-order valence-corrected chi connectivity index (χ1v) is 24.8. The maximum Gasteiger partial charge on any atom is 0.408 e. The number of hydrogen-bond acceptors (Lipinski definition) is 8. The van der Waals surface area contributed by atoms with E-state index in [2.05, 4.69) is 20.6 Å². The number of methoxy groups -OCH3 is 1. The number of H-pyrrole nitrogens is 2. The minimum atomic E-state index is -3.30. The summed E-state index contributed by atoms with van der Waals surface area (Å²) in [6.07, 6.45) is 5.71. The molecule has 6 unspecified atom stereocenters. The molecule has 368 valence electrons. The Bertz CT molecular complexity index is 3070. The number of fused-ring (bicyclic) bond motifs is 6. The SMILES string of the molecule is COC(=O)NC(C(=O)N1CC2(CC2)CC1c1ncc(-c2ccc3c(c2)C(F)(F)c2cc(-c4ccc5nc(C6C7CCC(C7)N6C(=O)C(NC(=O)OCc6ccccc6)C(C)C)[nH]c5c4)ccc2-3)[nH]1)C(C)C. The molecule has 2 saturated carbocycles. The number of aromatic nitrogens is 4. The third kappa shape index (κ3) is 8.28. The molecule has 2 saturated heterocycles. The number of hydrogen-bond donors (Lipinski definition) is 4. The molecule has 0 radical (unpaired) electrons. The summed E-state index contributed by atoms with van der Waals surface area (Å²) in [6, 6.07) is 23.1. The number of likely N-dealkylation sites (tertiary alicyclic amines) is 2. The second kappa shape index (κ2) is 17.6. The summed E-state index contributed by atoms with van der Waals surface area (Å²) < 4.78 is 43.8. The number of amides is 4. The number of nitrogens with one attached hydrogen (secondary N) is 4. The fourth-order valence-electron chi connectivity index (χ4n) is 11.7. The van der Waals surface area contributed by atoms with Gasteiger partial charge in [-0.15, -0.1) is 0 Å². The van der Waals surface area contributed by atoms with Gasteiger partial charge in [-0.2, -0.15) is 8.78 Å². The Kier molecular flexibility index (Phi) is 11.5. The van der Waals surface area contributed by atoms with E-state index in [0.717, 1.165) is 55.2 Å². The average molecular weight is 965 g/mol. The van der Waals surface area contributed by atoms with Gasteiger partial charge < -0.3 is 39.9 Å². The van der Waals surface area contributed by atoms with Gasteiger partial charge in [-0.3, -0.25) is 9.59 Å². The molecular weight excluding hydrogens is 907 g/mol. The van der Waals surface area contributed by atoms with Gasteiger partial charge in [0.15, 0.2) is 0 Å². The zero-order valence-corrected chi connectivity index (χ0v) is 40.4. The van der Waals surface area contributed by atoms with Crippen LogP contribution in [0.4, 0.5) is 18.4 Å². The smallest absolute Gasteiger partial charge is 0.408 e. The van der Waals surface area contributed by atoms with E-state index in [1.54, 1.807) is 29.3 Å². The third-order valence-corrected chi connectivity index (χ3v) is 15.7. The van der Waals surface area contributed by atoms with Gasteiger partial charge in [0.05, 0.1) is 42.1 Å². The number of halogens is 2. The molecule has 4 N–H and O–H groups in total. The Hall–Kier alpha value is -7.10. The third-order valence-electron chi connectivity index (χ3n) is 15.7. The van der Waals surface area contributed by atoms with Crippen molar-refractivity contribution in [3.8, 4) is 33.5 Å². The topological polar surface area (TPSA) is 175 Å². The van der Waals surface area contributed by atoms with Crippen molar-refractivity contribution < 1.29 is 37.4 Å². The van der Waals surface area contributed by atoms with E-state index in [4.69, 9.17) is 19.4 Å². The lowest BCUT2D eigenvalue weighted by Crippen LogP contribution is -2.54. The molecular formula is C55H58F2N8O6. The number of imidazole rings is 2. The van der Waals surface area contributed by atoms with E-state index in [1.807, 2.05) is 93.3 Å². The van der Waals surface area contributed by atoms with Crippen LogP contribution in [0.1, 0.15) is 107 Å². The molecule has 2 aliphatic heterocycles. The molecule has 4 heterocycles. The van der Waals surface area contributed by atoms with Gasteiger partial charge in [0.25, 0.3) is 5.92 Å². The van der Waals surface area contributed by atoms with Crippen molar-refractivity contribution in [2.75, 3.05) is 13.7 Å². The van der Waals surface area contributed by atoms with Crippen LogP contribution in [0.2, 0.25) is 0 Å². The fourth-order valence-corrected chi connectivity index (χ4v) is 11.7. The van der Waals surface area contributed by atoms with Crippen LogP contribution in [0.3, 0.4) is 0 Å². The number of aromatic amines is 2. The minimum Gasteiger partial charge on any atom is -0.453 e. The molecule has 5 aliphatic rings. The molecule has 11 rings (SSSR count). The van der Waals surface area contributed by atoms with Crippen LogP contribution in [0.15, 0.2) is 91.1 Å². The Morgan fingerprint density at radius 2 is 1.45 bits per heavy atom. The van der Waals surface area contributed by atoms with Gasteiger partial charge in [-0.25, -0.2) is 19.6 Å². The highest BCUT2D eigenvalue weighted by atomic mass is 19.3. The van der Waals surface area contributed by atoms with Crippen LogP contribution in [-0.4, -0.2) is 85.5 Å². The van der Waals surface area contributed by atoms with Crippen LogP contribution in [0.25, 0.3) is 44.5 Å². The normalized spacial score (nSPS) is 21.9. The quantitative estimate of drug-likeness (QED) is 0.0938. The number of carbonyl (C=O) groups excluding carboxylic acids is 4. The van der Waals surface area contributed by atoms with E-state index in [-0.39, 0.29) is 70.8 Å². The fraction of sp³-hybridized carbons (Fsp3) is 0.418. The average Bonchev–Trinajstić information content (AvgIpc) is 4.03. The van der Waals surface area contributed by atoms with Crippen LogP contribution >= 0.6 is 0 Å². The zero-order valence-electron chi connectivity index (χ0n) is 40.4. The molecule has 4 amide bonds. The standard InChI is InChI=1S/C55H58F2N8O6/c1-29(2)45(62-52(68)70-5)50(66)64-28-54(19-20-54)25-44(64)48-58-26-43(61-48)34-13-17-38-37-16-12-32(22-39(37)55(56,57)40(38)23-34)33-14-18-41-42(24-33)60-49(59-41)47-35-11-15-36(21-35)65(47)51(67)46(30(3)4)63-53(69)71-27-31-9-7-6-8-10-31/h6-10,12-14,16-18,22-24,26,29-30,35-36,44-47H,11,15,19-21,25,27-28H2,1-5H3,(H,58,61)(H,59,60)(H,62,68)(H,63,69). The molecule has 6 atom stereocenters. The van der Waals surface area contributed by atoms with Crippen molar-refractivity contribution in [2.45, 2.75) is 109 Å². The van der Waals surface area contributed by atoms with E-state index in [1.165, 1.54) is 13.2 Å². The number of rotatable bonds is 12. The lowest BCUT2D eigenvalue weighted by molar-refractivity contribution is -0.139. The van der Waals surface area contributed by atoms with Crippen molar-refractivity contribution in [1.29, 1.82) is 0 Å². The number of nitrogens with zero attached hydrogens (tertiary/aromatic N) is 4. The summed E-state index contributed by atoms with van der Waals surface area (Å²) >= 11 is 0. The lowest BCUT2D eigenvalue weighted by Gasteiger charge is -2.37. The molecule has 14 nitrogen and oxygen atoms in total. The maximum absolute atomic E-state index is 16.8. The van der Waals surface area contributed by atoms with Crippen molar-refractivity contribution in [2.24, 2.45) is 23.2 Å². The first-order valence-electron chi connectivity index (χ1n) is 24.8. The predicted molar refractivity (Wildman–Crippen MR) is 262 cm³/mol. The lowest BCUT2D eigenvalue weighted by atomic mass is 9.95. The van der Waals surface area contributed by atoms with Gasteiger partial charge >= 0.3 is 12.2 Å². The summed E-state index contributed by atoms with van der Waals surface area (Å²) in [5.41, 5.74) is 5.49. The molecule has 3 aliphatic carbocycles. The summed E-state index contributed by atoms with van der Waals surface area (Å²) in [5.74, 6) is -2.62. The highest BCUT2D eigenvalue weighted by molar-refractivity contribution is 5.89. The number of ether oxygens (including phenoxy) is 2. The Balaban J connectivity index is 0.814. The maximum atomic E-state index is 16.8. The molecule has 4 aromatic carbocycles. The summed E-state index contributed by atoms with van der Waals surface area (Å²) in [4.78, 5) is 73.9. The molecule has 71 heavy (non-hydrogen) atoms. The number of piperidine rings is 1. The molecule has 6 aromatic rings. The van der Waals surface area contributed by atoms with Gasteiger partial charge in [0.1, 0.15) is 30.3 Å². The summed E-state index contributed by atoms with van der Waals surface area (Å²) in [6.45, 7) is 8.21. The van der Waals surface area contributed by atoms with Crippen LogP contribution < -0.4 is 10.6 Å². The van der Waals surface area contributed by atoms with Crippen LogP contribution in [0, 0.1) is 23.2 Å². The Morgan fingerprint density at radius 1 is 0.789 bits per heavy atom. The second-order valence-corrected chi connectivity index (χ2v) is 21.0. The van der Waals surface area contributed by atoms with Crippen LogP contribution in [-0.2, 0) is 31.6 Å². The van der Waals surface area contributed by atoms with E-state index >= 15 is 8.78 Å². The molecule has 2 aromatic heterocycles. The van der Waals surface area contributed by atoms with Crippen molar-refractivity contribution in [3.05, 3.63) is 119 Å². The van der Waals surface area contributed by atoms with E-state index in [9.17, 15) is 19.2 Å². The first-order chi connectivity index (χ1) is 34.1. The predicted octanol–water partition coefficient (Wildman–Crippen LogP) is 10.2. The number of benzene rings is 4. The van der Waals surface area contributed by atoms with Gasteiger partial charge in [-0.05, 0) is 114 Å². The van der Waals surface area contributed by atoms with Gasteiger partial charge in [-0.1, -0.05) is 88.4 Å². The van der Waals surface area contributed by atoms with Gasteiger partial charge in [0, 0.05) is 29.3 Å². The van der Waals surface area contributed by atoms with E-state index < -0.39 is 30.2 Å². The second-order valence-electron chi connectivity index (χ2n) is 21.0. The van der Waals surface area contributed by atoms with Gasteiger partial charge in [0.2, 0.25) is 11.8 Å². The van der Waals surface area contributed by atoms with Crippen molar-refractivity contribution in [1.82, 2.24) is 40.4 Å². The molecule has 16 heteroatoms. The molecule has 4 fully saturated rings.